The molecule has 0 aliphatic rings. The Balaban J connectivity index is 2.13. The van der Waals surface area contributed by atoms with Crippen molar-refractivity contribution in [2.24, 2.45) is 5.84 Å². The van der Waals surface area contributed by atoms with Crippen LogP contribution >= 0.6 is 15.9 Å². The lowest BCUT2D eigenvalue weighted by Gasteiger charge is -2.10. The normalized spacial score (nSPS) is 10.2. The van der Waals surface area contributed by atoms with E-state index in [0.717, 1.165) is 15.6 Å². The molecular formula is C14H15BrN4O. The van der Waals surface area contributed by atoms with E-state index in [9.17, 15) is 4.79 Å². The van der Waals surface area contributed by atoms with Crippen molar-refractivity contribution < 1.29 is 4.79 Å². The van der Waals surface area contributed by atoms with Gasteiger partial charge in [-0.2, -0.15) is 0 Å². The minimum Gasteiger partial charge on any atom is -0.348 e. The number of hydrazine groups is 1. The summed E-state index contributed by atoms with van der Waals surface area (Å²) in [6.45, 7) is 2.47. The van der Waals surface area contributed by atoms with Crippen LogP contribution in [0.2, 0.25) is 0 Å². The van der Waals surface area contributed by atoms with Crippen molar-refractivity contribution in [1.29, 1.82) is 0 Å². The Kier molecular flexibility index (Phi) is 4.70. The minimum absolute atomic E-state index is 0.227. The third-order valence-corrected chi connectivity index (χ3v) is 3.37. The van der Waals surface area contributed by atoms with E-state index in [2.05, 4.69) is 31.7 Å². The predicted molar refractivity (Wildman–Crippen MR) is 82.1 cm³/mol. The summed E-state index contributed by atoms with van der Waals surface area (Å²) in [6, 6.07) is 9.58. The van der Waals surface area contributed by atoms with E-state index >= 15 is 0 Å². The summed E-state index contributed by atoms with van der Waals surface area (Å²) in [4.78, 5) is 16.2. The molecule has 5 nitrogen and oxygen atoms in total. The lowest BCUT2D eigenvalue weighted by molar-refractivity contribution is 0.0951. The van der Waals surface area contributed by atoms with Gasteiger partial charge in [0.25, 0.3) is 5.91 Å². The molecule has 0 fully saturated rings. The van der Waals surface area contributed by atoms with Crippen molar-refractivity contribution in [2.45, 2.75) is 13.5 Å². The first-order valence-corrected chi connectivity index (χ1v) is 6.86. The maximum atomic E-state index is 12.2. The van der Waals surface area contributed by atoms with E-state index in [4.69, 9.17) is 5.84 Å². The van der Waals surface area contributed by atoms with Crippen LogP contribution in [0.5, 0.6) is 0 Å². The number of rotatable bonds is 4. The average molecular weight is 335 g/mol. The minimum atomic E-state index is -0.227. The number of benzene rings is 1. The lowest BCUT2D eigenvalue weighted by atomic mass is 10.1. The van der Waals surface area contributed by atoms with Gasteiger partial charge in [0.15, 0.2) is 5.82 Å². The highest BCUT2D eigenvalue weighted by molar-refractivity contribution is 9.10. The SMILES string of the molecule is Cc1ccccc1CNC(=O)c1cc(Br)cnc1NN. The molecule has 2 rings (SSSR count). The third kappa shape index (κ3) is 3.34. The van der Waals surface area contributed by atoms with Gasteiger partial charge in [-0.25, -0.2) is 10.8 Å². The van der Waals surface area contributed by atoms with E-state index in [0.29, 0.717) is 17.9 Å². The highest BCUT2D eigenvalue weighted by Gasteiger charge is 2.12. The van der Waals surface area contributed by atoms with Crippen molar-refractivity contribution in [3.05, 3.63) is 57.7 Å². The number of amides is 1. The molecule has 0 radical (unpaired) electrons. The fourth-order valence-corrected chi connectivity index (χ4v) is 2.14. The topological polar surface area (TPSA) is 80.0 Å². The van der Waals surface area contributed by atoms with Crippen molar-refractivity contribution in [2.75, 3.05) is 5.43 Å². The molecule has 1 aromatic heterocycles. The number of aromatic nitrogens is 1. The van der Waals surface area contributed by atoms with Crippen LogP contribution in [-0.2, 0) is 6.54 Å². The molecule has 0 saturated carbocycles. The number of halogens is 1. The molecule has 0 aliphatic heterocycles. The molecular weight excluding hydrogens is 320 g/mol. The van der Waals surface area contributed by atoms with E-state index < -0.39 is 0 Å². The van der Waals surface area contributed by atoms with Crippen molar-refractivity contribution >= 4 is 27.7 Å². The zero-order valence-corrected chi connectivity index (χ0v) is 12.6. The number of nitrogens with zero attached hydrogens (tertiary/aromatic N) is 1. The van der Waals surface area contributed by atoms with Gasteiger partial charge in [-0.3, -0.25) is 4.79 Å². The molecule has 0 saturated heterocycles. The summed E-state index contributed by atoms with van der Waals surface area (Å²) in [5.74, 6) is 5.48. The second kappa shape index (κ2) is 6.49. The van der Waals surface area contributed by atoms with Gasteiger partial charge in [0.1, 0.15) is 0 Å². The molecule has 20 heavy (non-hydrogen) atoms. The summed E-state index contributed by atoms with van der Waals surface area (Å²) < 4.78 is 0.720. The van der Waals surface area contributed by atoms with Crippen LogP contribution in [0.3, 0.4) is 0 Å². The highest BCUT2D eigenvalue weighted by atomic mass is 79.9. The standard InChI is InChI=1S/C14H15BrN4O/c1-9-4-2-3-5-10(9)7-18-14(20)12-6-11(15)8-17-13(12)19-16/h2-6,8H,7,16H2,1H3,(H,17,19)(H,18,20). The van der Waals surface area contributed by atoms with E-state index in [1.54, 1.807) is 12.3 Å². The summed E-state index contributed by atoms with van der Waals surface area (Å²) in [7, 11) is 0. The average Bonchev–Trinajstić information content (AvgIpc) is 2.46. The summed E-state index contributed by atoms with van der Waals surface area (Å²) in [5, 5.41) is 2.86. The Labute approximate surface area is 125 Å². The molecule has 0 unspecified atom stereocenters. The van der Waals surface area contributed by atoms with Gasteiger partial charge < -0.3 is 10.7 Å². The van der Waals surface area contributed by atoms with Crippen molar-refractivity contribution in [3.8, 4) is 0 Å². The number of anilines is 1. The second-order valence-electron chi connectivity index (χ2n) is 4.30. The lowest BCUT2D eigenvalue weighted by Crippen LogP contribution is -2.25. The van der Waals surface area contributed by atoms with Crippen LogP contribution in [0, 0.1) is 6.92 Å². The number of aryl methyl sites for hydroxylation is 1. The predicted octanol–water partition coefficient (Wildman–Crippen LogP) is 2.37. The number of nitrogen functional groups attached to an aromatic ring is 1. The van der Waals surface area contributed by atoms with Gasteiger partial charge in [-0.05, 0) is 40.0 Å². The zero-order valence-electron chi connectivity index (χ0n) is 11.0. The highest BCUT2D eigenvalue weighted by Crippen LogP contribution is 2.17. The van der Waals surface area contributed by atoms with Crippen LogP contribution < -0.4 is 16.6 Å². The maximum Gasteiger partial charge on any atom is 0.255 e. The number of hydrogen-bond donors (Lipinski definition) is 3. The van der Waals surface area contributed by atoms with Crippen LogP contribution in [0.4, 0.5) is 5.82 Å². The van der Waals surface area contributed by atoms with Gasteiger partial charge in [-0.15, -0.1) is 0 Å². The molecule has 4 N–H and O–H groups in total. The maximum absolute atomic E-state index is 12.2. The van der Waals surface area contributed by atoms with Gasteiger partial charge in [0, 0.05) is 17.2 Å². The molecule has 1 heterocycles. The quantitative estimate of drug-likeness (QED) is 0.592. The number of carbonyl (C=O) groups excluding carboxylic acids is 1. The number of carbonyl (C=O) groups is 1. The Morgan fingerprint density at radius 1 is 1.40 bits per heavy atom. The van der Waals surface area contributed by atoms with Crippen LogP contribution in [0.15, 0.2) is 41.0 Å². The molecule has 6 heteroatoms. The molecule has 0 spiro atoms. The molecule has 0 bridgehead atoms. The summed E-state index contributed by atoms with van der Waals surface area (Å²) in [6.07, 6.45) is 1.58. The summed E-state index contributed by atoms with van der Waals surface area (Å²) >= 11 is 3.29. The Morgan fingerprint density at radius 3 is 2.85 bits per heavy atom. The van der Waals surface area contributed by atoms with Gasteiger partial charge in [-0.1, -0.05) is 24.3 Å². The molecule has 0 atom stereocenters. The number of hydrogen-bond acceptors (Lipinski definition) is 4. The zero-order chi connectivity index (χ0) is 14.5. The Morgan fingerprint density at radius 2 is 2.15 bits per heavy atom. The molecule has 1 amide bonds. The van der Waals surface area contributed by atoms with Crippen LogP contribution in [0.1, 0.15) is 21.5 Å². The second-order valence-corrected chi connectivity index (χ2v) is 5.22. The molecule has 1 aromatic carbocycles. The fourth-order valence-electron chi connectivity index (χ4n) is 1.81. The van der Waals surface area contributed by atoms with Crippen molar-refractivity contribution in [3.63, 3.8) is 0 Å². The first kappa shape index (κ1) is 14.5. The van der Waals surface area contributed by atoms with Crippen molar-refractivity contribution in [1.82, 2.24) is 10.3 Å². The first-order valence-electron chi connectivity index (χ1n) is 6.06. The van der Waals surface area contributed by atoms with E-state index in [1.807, 2.05) is 31.2 Å². The smallest absolute Gasteiger partial charge is 0.255 e. The molecule has 2 aromatic rings. The van der Waals surface area contributed by atoms with Gasteiger partial charge >= 0.3 is 0 Å². The first-order chi connectivity index (χ1) is 9.61. The van der Waals surface area contributed by atoms with Gasteiger partial charge in [0.2, 0.25) is 0 Å². The number of nitrogens with two attached hydrogens (primary N) is 1. The number of pyridine rings is 1. The van der Waals surface area contributed by atoms with Crippen LogP contribution in [-0.4, -0.2) is 10.9 Å². The number of nitrogens with one attached hydrogen (secondary N) is 2. The summed E-state index contributed by atoms with van der Waals surface area (Å²) in [5.41, 5.74) is 5.03. The van der Waals surface area contributed by atoms with E-state index in [1.165, 1.54) is 0 Å². The van der Waals surface area contributed by atoms with E-state index in [-0.39, 0.29) is 5.91 Å². The fraction of sp³-hybridized carbons (Fsp3) is 0.143. The molecule has 104 valence electrons. The largest absolute Gasteiger partial charge is 0.348 e. The molecule has 0 aliphatic carbocycles. The Hall–Kier alpha value is -1.92. The monoisotopic (exact) mass is 334 g/mol. The third-order valence-electron chi connectivity index (χ3n) is 2.94. The Bertz CT molecular complexity index is 630. The van der Waals surface area contributed by atoms with Crippen LogP contribution in [0.25, 0.3) is 0 Å². The van der Waals surface area contributed by atoms with Gasteiger partial charge in [0.05, 0.1) is 5.56 Å².